The van der Waals surface area contributed by atoms with Gasteiger partial charge in [0.05, 0.1) is 0 Å². The number of hydrogen-bond acceptors (Lipinski definition) is 9. The summed E-state index contributed by atoms with van der Waals surface area (Å²) in [5.41, 5.74) is 0.145. The van der Waals surface area contributed by atoms with Gasteiger partial charge >= 0.3 is 18.0 Å². The van der Waals surface area contributed by atoms with E-state index in [1.807, 2.05) is 4.90 Å². The Bertz CT molecular complexity index is 1370. The number of benzene rings is 1. The highest BCUT2D eigenvalue weighted by Crippen LogP contribution is 2.32. The van der Waals surface area contributed by atoms with Gasteiger partial charge in [0.15, 0.2) is 17.5 Å². The number of methoxy groups -OCH3 is 1. The van der Waals surface area contributed by atoms with Crippen LogP contribution >= 0.6 is 11.6 Å². The van der Waals surface area contributed by atoms with Crippen LogP contribution in [-0.4, -0.2) is 87.6 Å². The Morgan fingerprint density at radius 2 is 1.86 bits per heavy atom. The molecule has 43 heavy (non-hydrogen) atoms. The zero-order valence-corrected chi connectivity index (χ0v) is 25.1. The number of rotatable bonds is 12. The molecule has 2 heterocycles. The van der Waals surface area contributed by atoms with Crippen molar-refractivity contribution in [1.82, 2.24) is 20.4 Å². The minimum atomic E-state index is -2.11. The first-order chi connectivity index (χ1) is 20.2. The normalized spacial score (nSPS) is 15.8. The summed E-state index contributed by atoms with van der Waals surface area (Å²) < 4.78 is 12.2. The van der Waals surface area contributed by atoms with Crippen molar-refractivity contribution in [2.45, 2.75) is 70.9 Å². The van der Waals surface area contributed by atoms with E-state index < -0.39 is 47.8 Å². The Morgan fingerprint density at radius 1 is 1.16 bits per heavy atom. The molecule has 1 unspecified atom stereocenters. The second-order valence-corrected chi connectivity index (χ2v) is 11.5. The van der Waals surface area contributed by atoms with Crippen LogP contribution in [0.1, 0.15) is 61.6 Å². The van der Waals surface area contributed by atoms with Gasteiger partial charge in [-0.05, 0) is 45.2 Å². The molecule has 1 aliphatic heterocycles. The number of piperidine rings is 1. The highest BCUT2D eigenvalue weighted by molar-refractivity contribution is 6.31. The number of alkyl carbamates (subject to hydrolysis) is 1. The maximum Gasteiger partial charge on any atom is 0.407 e. The standard InChI is InChI=1S/C28H36ClN5O9/c1-28(2,3)43-27(41)30-17-9-7-11-33(14-17)25-18(12-16-8-5-6-10-19(16)29)22(32-34(25)15-42-4)24(38)31-23(26(39)40)20(35)13-21(36)37/h5-6,8,10,17,23H,7,9,11-15H2,1-4H3,(H,30,41)(H,31,38)(H,36,37)(H,39,40)/t17-,23?/m1/s1. The average molecular weight is 622 g/mol. The maximum absolute atomic E-state index is 13.5. The number of nitrogens with zero attached hydrogens (tertiary/aromatic N) is 3. The first-order valence-corrected chi connectivity index (χ1v) is 13.9. The lowest BCUT2D eigenvalue weighted by atomic mass is 10.0. The Kier molecular flexibility index (Phi) is 11.1. The van der Waals surface area contributed by atoms with Crippen LogP contribution in [0.15, 0.2) is 24.3 Å². The zero-order valence-electron chi connectivity index (χ0n) is 24.4. The zero-order chi connectivity index (χ0) is 31.9. The summed E-state index contributed by atoms with van der Waals surface area (Å²) in [5, 5.41) is 28.4. The van der Waals surface area contributed by atoms with Crippen LogP contribution in [0.3, 0.4) is 0 Å². The predicted octanol–water partition coefficient (Wildman–Crippen LogP) is 2.45. The number of anilines is 1. The molecule has 1 aromatic heterocycles. The monoisotopic (exact) mass is 621 g/mol. The summed E-state index contributed by atoms with van der Waals surface area (Å²) in [6, 6.07) is 4.56. The molecule has 0 spiro atoms. The van der Waals surface area contributed by atoms with E-state index >= 15 is 0 Å². The lowest BCUT2D eigenvalue weighted by Crippen LogP contribution is -2.49. The molecule has 0 saturated carbocycles. The number of Topliss-reactive ketones (excluding diaryl/α,β-unsaturated/α-hetero) is 1. The molecule has 15 heteroatoms. The third-order valence-electron chi connectivity index (χ3n) is 6.42. The highest BCUT2D eigenvalue weighted by Gasteiger charge is 2.35. The van der Waals surface area contributed by atoms with E-state index in [4.69, 9.17) is 26.2 Å². The number of carbonyl (C=O) groups excluding carboxylic acids is 3. The van der Waals surface area contributed by atoms with E-state index in [-0.39, 0.29) is 24.9 Å². The van der Waals surface area contributed by atoms with Crippen LogP contribution in [0.5, 0.6) is 0 Å². The first-order valence-electron chi connectivity index (χ1n) is 13.5. The molecule has 234 valence electrons. The number of hydrogen-bond donors (Lipinski definition) is 4. The number of ether oxygens (including phenoxy) is 2. The van der Waals surface area contributed by atoms with Crippen molar-refractivity contribution in [2.24, 2.45) is 0 Å². The number of ketones is 1. The lowest BCUT2D eigenvalue weighted by Gasteiger charge is -2.35. The molecule has 1 aromatic carbocycles. The van der Waals surface area contributed by atoms with Gasteiger partial charge in [-0.15, -0.1) is 0 Å². The molecule has 14 nitrogen and oxygen atoms in total. The third-order valence-corrected chi connectivity index (χ3v) is 6.79. The van der Waals surface area contributed by atoms with Crippen molar-refractivity contribution in [3.8, 4) is 0 Å². The van der Waals surface area contributed by atoms with Crippen LogP contribution in [0, 0.1) is 0 Å². The van der Waals surface area contributed by atoms with Gasteiger partial charge in [0.25, 0.3) is 5.91 Å². The van der Waals surface area contributed by atoms with Gasteiger partial charge in [-0.3, -0.25) is 14.4 Å². The second kappa shape index (κ2) is 14.3. The quantitative estimate of drug-likeness (QED) is 0.255. The summed E-state index contributed by atoms with van der Waals surface area (Å²) in [4.78, 5) is 63.1. The summed E-state index contributed by atoms with van der Waals surface area (Å²) in [6.45, 7) is 6.08. The summed E-state index contributed by atoms with van der Waals surface area (Å²) in [5.74, 6) is -4.96. The van der Waals surface area contributed by atoms with Crippen LogP contribution in [0.25, 0.3) is 0 Å². The Labute approximate surface area is 253 Å². The second-order valence-electron chi connectivity index (χ2n) is 11.0. The van der Waals surface area contributed by atoms with Crippen LogP contribution < -0.4 is 15.5 Å². The number of carbonyl (C=O) groups is 5. The van der Waals surface area contributed by atoms with E-state index in [0.29, 0.717) is 47.9 Å². The van der Waals surface area contributed by atoms with Crippen LogP contribution in [0.2, 0.25) is 5.02 Å². The molecule has 2 aromatic rings. The van der Waals surface area contributed by atoms with E-state index in [1.54, 1.807) is 45.0 Å². The minimum absolute atomic E-state index is 0.0842. The Balaban J connectivity index is 2.04. The van der Waals surface area contributed by atoms with Crippen molar-refractivity contribution in [2.75, 3.05) is 25.1 Å². The van der Waals surface area contributed by atoms with Gasteiger partial charge in [0, 0.05) is 43.2 Å². The number of amides is 2. The number of carboxylic acids is 2. The van der Waals surface area contributed by atoms with Gasteiger partial charge in [0.1, 0.15) is 24.6 Å². The molecular formula is C28H36ClN5O9. The fraction of sp³-hybridized carbons (Fsp3) is 0.500. The largest absolute Gasteiger partial charge is 0.481 e. The molecule has 2 amide bonds. The molecule has 0 bridgehead atoms. The number of aromatic nitrogens is 2. The molecule has 1 fully saturated rings. The number of halogens is 1. The number of carboxylic acid groups (broad SMARTS) is 2. The van der Waals surface area contributed by atoms with Crippen molar-refractivity contribution in [1.29, 1.82) is 0 Å². The summed E-state index contributed by atoms with van der Waals surface area (Å²) >= 11 is 6.46. The van der Waals surface area contributed by atoms with Crippen LogP contribution in [0.4, 0.5) is 10.6 Å². The van der Waals surface area contributed by atoms with Crippen LogP contribution in [-0.2, 0) is 37.0 Å². The van der Waals surface area contributed by atoms with Gasteiger partial charge in [-0.1, -0.05) is 29.8 Å². The topological polar surface area (TPSA) is 189 Å². The fourth-order valence-electron chi connectivity index (χ4n) is 4.73. The van der Waals surface area contributed by atoms with Crippen molar-refractivity contribution >= 4 is 47.1 Å². The van der Waals surface area contributed by atoms with Gasteiger partial charge < -0.3 is 35.2 Å². The minimum Gasteiger partial charge on any atom is -0.481 e. The average Bonchev–Trinajstić information content (AvgIpc) is 3.24. The summed E-state index contributed by atoms with van der Waals surface area (Å²) in [7, 11) is 1.44. The molecule has 2 atom stereocenters. The molecule has 1 saturated heterocycles. The number of nitrogens with one attached hydrogen (secondary N) is 2. The smallest absolute Gasteiger partial charge is 0.407 e. The van der Waals surface area contributed by atoms with Crippen molar-refractivity contribution in [3.05, 3.63) is 46.1 Å². The predicted molar refractivity (Wildman–Crippen MR) is 154 cm³/mol. The highest BCUT2D eigenvalue weighted by atomic mass is 35.5. The van der Waals surface area contributed by atoms with E-state index in [0.717, 1.165) is 0 Å². The molecule has 1 aliphatic rings. The molecule has 0 radical (unpaired) electrons. The van der Waals surface area contributed by atoms with E-state index in [1.165, 1.54) is 11.8 Å². The first kappa shape index (κ1) is 33.3. The maximum atomic E-state index is 13.5. The molecule has 3 rings (SSSR count). The molecule has 4 N–H and O–H groups in total. The van der Waals surface area contributed by atoms with E-state index in [9.17, 15) is 29.1 Å². The van der Waals surface area contributed by atoms with Gasteiger partial charge in [-0.25, -0.2) is 14.3 Å². The number of aliphatic carboxylic acids is 2. The molecular weight excluding hydrogens is 586 g/mol. The van der Waals surface area contributed by atoms with Gasteiger partial charge in [-0.2, -0.15) is 5.10 Å². The van der Waals surface area contributed by atoms with E-state index in [2.05, 4.69) is 15.7 Å². The summed E-state index contributed by atoms with van der Waals surface area (Å²) in [6.07, 6.45) is -0.202. The van der Waals surface area contributed by atoms with Crippen molar-refractivity contribution < 1.29 is 43.7 Å². The fourth-order valence-corrected chi connectivity index (χ4v) is 4.93. The Hall–Kier alpha value is -4.17. The third kappa shape index (κ3) is 9.16. The van der Waals surface area contributed by atoms with Gasteiger partial charge in [0.2, 0.25) is 0 Å². The molecule has 0 aliphatic carbocycles. The SMILES string of the molecule is COCn1nc(C(=O)NC(C(=O)O)C(=O)CC(=O)O)c(Cc2ccccc2Cl)c1N1CCC[C@@H](NC(=O)OC(C)(C)C)C1. The van der Waals surface area contributed by atoms with Crippen molar-refractivity contribution in [3.63, 3.8) is 0 Å². The Morgan fingerprint density at radius 3 is 2.47 bits per heavy atom. The lowest BCUT2D eigenvalue weighted by molar-refractivity contribution is -0.145.